The first-order valence-electron chi connectivity index (χ1n) is 12.2. The summed E-state index contributed by atoms with van der Waals surface area (Å²) in [5.41, 5.74) is 1.26. The third-order valence-corrected chi connectivity index (χ3v) is 6.30. The van der Waals surface area contributed by atoms with Crippen LogP contribution in [0.2, 0.25) is 0 Å². The number of nitrogens with zero attached hydrogens (tertiary/aromatic N) is 3. The molecule has 1 aromatic carbocycles. The van der Waals surface area contributed by atoms with Gasteiger partial charge in [-0.05, 0) is 37.7 Å². The largest absolute Gasteiger partial charge is 0.357 e. The van der Waals surface area contributed by atoms with Gasteiger partial charge < -0.3 is 20.4 Å². The number of aliphatic imine (C=N–C) groups is 1. The molecule has 8 heteroatoms. The van der Waals surface area contributed by atoms with Crippen LogP contribution < -0.4 is 10.6 Å². The smallest absolute Gasteiger partial charge is 0.224 e. The van der Waals surface area contributed by atoms with E-state index in [-0.39, 0.29) is 41.7 Å². The maximum Gasteiger partial charge on any atom is 0.224 e. The highest BCUT2D eigenvalue weighted by Crippen LogP contribution is 2.19. The predicted molar refractivity (Wildman–Crippen MR) is 144 cm³/mol. The first kappa shape index (κ1) is 27.4. The third-order valence-electron chi connectivity index (χ3n) is 6.30. The minimum absolute atomic E-state index is 0. The lowest BCUT2D eigenvalue weighted by Crippen LogP contribution is -2.42. The molecule has 0 bridgehead atoms. The number of guanidine groups is 1. The second-order valence-electron chi connectivity index (χ2n) is 9.13. The van der Waals surface area contributed by atoms with E-state index < -0.39 is 0 Å². The van der Waals surface area contributed by atoms with Crippen LogP contribution >= 0.6 is 24.0 Å². The second kappa shape index (κ2) is 14.4. The van der Waals surface area contributed by atoms with E-state index in [1.165, 1.54) is 12.0 Å². The highest BCUT2D eigenvalue weighted by molar-refractivity contribution is 14.0. The lowest BCUT2D eigenvalue weighted by molar-refractivity contribution is -0.132. The molecule has 2 aliphatic heterocycles. The van der Waals surface area contributed by atoms with Crippen LogP contribution in [0.1, 0.15) is 45.1 Å². The first-order chi connectivity index (χ1) is 15.5. The number of piperidine rings is 1. The Hall–Kier alpha value is -1.84. The van der Waals surface area contributed by atoms with Crippen molar-refractivity contribution in [3.05, 3.63) is 35.9 Å². The predicted octanol–water partition coefficient (Wildman–Crippen LogP) is 2.90. The molecule has 2 heterocycles. The Morgan fingerprint density at radius 1 is 1.18 bits per heavy atom. The van der Waals surface area contributed by atoms with Gasteiger partial charge in [0, 0.05) is 64.6 Å². The summed E-state index contributed by atoms with van der Waals surface area (Å²) in [6.45, 7) is 9.47. The van der Waals surface area contributed by atoms with Gasteiger partial charge in [0.05, 0.1) is 0 Å². The van der Waals surface area contributed by atoms with Gasteiger partial charge in [-0.2, -0.15) is 0 Å². The van der Waals surface area contributed by atoms with Crippen LogP contribution in [0.3, 0.4) is 0 Å². The first-order valence-corrected chi connectivity index (χ1v) is 12.2. The highest BCUT2D eigenvalue weighted by atomic mass is 127. The summed E-state index contributed by atoms with van der Waals surface area (Å²) in [7, 11) is 0. The molecule has 2 aliphatic rings. The monoisotopic (exact) mass is 569 g/mol. The van der Waals surface area contributed by atoms with E-state index in [2.05, 4.69) is 29.7 Å². The molecule has 2 N–H and O–H groups in total. The Kier molecular flexibility index (Phi) is 12.0. The zero-order valence-electron chi connectivity index (χ0n) is 20.1. The van der Waals surface area contributed by atoms with Gasteiger partial charge in [0.25, 0.3) is 0 Å². The summed E-state index contributed by atoms with van der Waals surface area (Å²) in [6.07, 6.45) is 4.24. The second-order valence-corrected chi connectivity index (χ2v) is 9.13. The van der Waals surface area contributed by atoms with Crippen LogP contribution in [0.25, 0.3) is 0 Å². The number of halogens is 1. The SMILES string of the molecule is CCNC(=NCC1CC(=O)N(CCc2ccccc2)C1)NCCC(=O)N1CCCC(C)C1.I. The van der Waals surface area contributed by atoms with Gasteiger partial charge in [-0.15, -0.1) is 24.0 Å². The average Bonchev–Trinajstić information content (AvgIpc) is 3.16. The Balaban J connectivity index is 0.00000385. The summed E-state index contributed by atoms with van der Waals surface area (Å²) >= 11 is 0. The van der Waals surface area contributed by atoms with Crippen molar-refractivity contribution in [2.75, 3.05) is 45.8 Å². The number of nitrogens with one attached hydrogen (secondary N) is 2. The van der Waals surface area contributed by atoms with Crippen LogP contribution in [-0.2, 0) is 16.0 Å². The number of carbonyl (C=O) groups is 2. The fraction of sp³-hybridized carbons (Fsp3) is 0.640. The zero-order chi connectivity index (χ0) is 22.8. The van der Waals surface area contributed by atoms with Crippen LogP contribution in [0, 0.1) is 11.8 Å². The lowest BCUT2D eigenvalue weighted by Gasteiger charge is -2.31. The summed E-state index contributed by atoms with van der Waals surface area (Å²) in [5, 5.41) is 6.54. The third kappa shape index (κ3) is 9.14. The van der Waals surface area contributed by atoms with Gasteiger partial charge in [-0.25, -0.2) is 0 Å². The maximum absolute atomic E-state index is 12.5. The van der Waals surface area contributed by atoms with Gasteiger partial charge in [-0.3, -0.25) is 14.6 Å². The zero-order valence-corrected chi connectivity index (χ0v) is 22.4. The van der Waals surface area contributed by atoms with Crippen molar-refractivity contribution in [1.29, 1.82) is 0 Å². The van der Waals surface area contributed by atoms with Gasteiger partial charge in [-0.1, -0.05) is 37.3 Å². The molecule has 33 heavy (non-hydrogen) atoms. The fourth-order valence-electron chi connectivity index (χ4n) is 4.53. The molecule has 2 unspecified atom stereocenters. The molecule has 2 atom stereocenters. The Morgan fingerprint density at radius 2 is 1.97 bits per heavy atom. The van der Waals surface area contributed by atoms with Crippen LogP contribution in [-0.4, -0.2) is 73.4 Å². The topological polar surface area (TPSA) is 77.0 Å². The van der Waals surface area contributed by atoms with Crippen LogP contribution in [0.4, 0.5) is 0 Å². The molecule has 184 valence electrons. The van der Waals surface area contributed by atoms with Crippen molar-refractivity contribution in [1.82, 2.24) is 20.4 Å². The molecular weight excluding hydrogens is 529 g/mol. The summed E-state index contributed by atoms with van der Waals surface area (Å²) in [5.74, 6) is 2.00. The number of benzene rings is 1. The van der Waals surface area contributed by atoms with Gasteiger partial charge in [0.1, 0.15) is 0 Å². The van der Waals surface area contributed by atoms with E-state index in [0.29, 0.717) is 31.8 Å². The van der Waals surface area contributed by atoms with Crippen molar-refractivity contribution in [3.8, 4) is 0 Å². The van der Waals surface area contributed by atoms with Crippen molar-refractivity contribution >= 4 is 41.8 Å². The quantitative estimate of drug-likeness (QED) is 0.273. The highest BCUT2D eigenvalue weighted by Gasteiger charge is 2.29. The normalized spacial score (nSPS) is 21.0. The molecule has 2 fully saturated rings. The average molecular weight is 570 g/mol. The molecule has 3 rings (SSSR count). The fourth-order valence-corrected chi connectivity index (χ4v) is 4.53. The number of hydrogen-bond acceptors (Lipinski definition) is 3. The lowest BCUT2D eigenvalue weighted by atomic mass is 10.00. The Labute approximate surface area is 215 Å². The van der Waals surface area contributed by atoms with Crippen molar-refractivity contribution < 1.29 is 9.59 Å². The van der Waals surface area contributed by atoms with Gasteiger partial charge in [0.15, 0.2) is 5.96 Å². The van der Waals surface area contributed by atoms with E-state index in [4.69, 9.17) is 4.99 Å². The van der Waals surface area contributed by atoms with E-state index in [1.54, 1.807) is 0 Å². The minimum atomic E-state index is 0. The molecule has 0 saturated carbocycles. The molecule has 0 aromatic heterocycles. The number of rotatable bonds is 9. The molecular formula is C25H40IN5O2. The maximum atomic E-state index is 12.5. The Bertz CT molecular complexity index is 773. The molecule has 7 nitrogen and oxygen atoms in total. The number of carbonyl (C=O) groups excluding carboxylic acids is 2. The number of hydrogen-bond donors (Lipinski definition) is 2. The molecule has 2 amide bonds. The van der Waals surface area contributed by atoms with Crippen molar-refractivity contribution in [3.63, 3.8) is 0 Å². The summed E-state index contributed by atoms with van der Waals surface area (Å²) < 4.78 is 0. The molecule has 0 spiro atoms. The number of amides is 2. The molecule has 0 aliphatic carbocycles. The molecule has 1 aromatic rings. The van der Waals surface area contributed by atoms with E-state index in [1.807, 2.05) is 34.9 Å². The molecule has 0 radical (unpaired) electrons. The summed E-state index contributed by atoms with van der Waals surface area (Å²) in [6, 6.07) is 10.3. The van der Waals surface area contributed by atoms with Crippen LogP contribution in [0.5, 0.6) is 0 Å². The standard InChI is InChI=1S/C25H39N5O2.HI/c1-3-26-25(27-13-11-23(31)29-14-7-8-20(2)18-29)28-17-22-16-24(32)30(19-22)15-12-21-9-5-4-6-10-21;/h4-6,9-10,20,22H,3,7-8,11-19H2,1-2H3,(H2,26,27,28);1H. The van der Waals surface area contributed by atoms with Crippen LogP contribution in [0.15, 0.2) is 35.3 Å². The Morgan fingerprint density at radius 3 is 2.70 bits per heavy atom. The van der Waals surface area contributed by atoms with E-state index in [9.17, 15) is 9.59 Å². The van der Waals surface area contributed by atoms with Gasteiger partial charge >= 0.3 is 0 Å². The van der Waals surface area contributed by atoms with E-state index >= 15 is 0 Å². The minimum Gasteiger partial charge on any atom is -0.357 e. The molecule has 2 saturated heterocycles. The number of likely N-dealkylation sites (tertiary alicyclic amines) is 2. The van der Waals surface area contributed by atoms with Crippen molar-refractivity contribution in [2.45, 2.75) is 46.0 Å². The van der Waals surface area contributed by atoms with E-state index in [0.717, 1.165) is 51.5 Å². The van der Waals surface area contributed by atoms with Crippen molar-refractivity contribution in [2.24, 2.45) is 16.8 Å². The van der Waals surface area contributed by atoms with Gasteiger partial charge in [0.2, 0.25) is 11.8 Å². The summed E-state index contributed by atoms with van der Waals surface area (Å²) in [4.78, 5) is 33.5.